The Labute approximate surface area is 234 Å². The third-order valence-corrected chi connectivity index (χ3v) is 10.8. The predicted molar refractivity (Wildman–Crippen MR) is 147 cm³/mol. The molecule has 6 fully saturated rings. The van der Waals surface area contributed by atoms with Crippen LogP contribution < -0.4 is 5.32 Å². The number of para-hydroxylation sites is 1. The average molecular weight is 545 g/mol. The van der Waals surface area contributed by atoms with Crippen LogP contribution in [-0.2, 0) is 25.3 Å². The Bertz CT molecular complexity index is 1390. The number of nitrogens with one attached hydrogen (secondary N) is 1. The third kappa shape index (κ3) is 4.04. The SMILES string of the molecule is [C-]#[N+]CC(=O)N1C[C@@H]2C[C@@H]2[C@@H]1COC(=O)N[C@@H](Cc1coc2ccccc12)B1O[C@@H]2C[C@@H]3C[C@@H](C3(C)C)[C@]2(C)O1. The number of benzene rings is 1. The lowest BCUT2D eigenvalue weighted by atomic mass is 9.43. The van der Waals surface area contributed by atoms with Gasteiger partial charge >= 0.3 is 19.1 Å². The van der Waals surface area contributed by atoms with Crippen molar-refractivity contribution in [2.75, 3.05) is 19.7 Å². The fourth-order valence-electron chi connectivity index (χ4n) is 8.30. The summed E-state index contributed by atoms with van der Waals surface area (Å²) in [4.78, 5) is 30.6. The number of furan rings is 1. The van der Waals surface area contributed by atoms with E-state index in [1.807, 2.05) is 24.3 Å². The van der Waals surface area contributed by atoms with Gasteiger partial charge in [-0.2, -0.15) is 0 Å². The fourth-order valence-corrected chi connectivity index (χ4v) is 8.30. The molecule has 8 atom stereocenters. The standard InChI is InChI=1S/C30H36BN3O6/c1-29(2)19-11-24(29)30(3)25(12-19)39-31(40-30)26(10-18-15-37-23-8-6-5-7-20(18)23)33-28(36)38-16-22-21-9-17(21)14-34(22)27(35)13-32-4/h5-8,15,17,19,21-22,24-26H,9-14,16H2,1-3H3,(H,33,36)/t17-,19-,21-,22-,24-,25+,26-,30-/m0/s1. The first-order chi connectivity index (χ1) is 19.2. The Balaban J connectivity index is 1.08. The second-order valence-electron chi connectivity index (χ2n) is 13.2. The third-order valence-electron chi connectivity index (χ3n) is 10.8. The highest BCUT2D eigenvalue weighted by Gasteiger charge is 2.68. The summed E-state index contributed by atoms with van der Waals surface area (Å²) in [6.45, 7) is 14.5. The molecule has 2 amide bonds. The number of hydrogen-bond acceptors (Lipinski definition) is 6. The van der Waals surface area contributed by atoms with Gasteiger partial charge in [0.05, 0.1) is 30.0 Å². The lowest BCUT2D eigenvalue weighted by Crippen LogP contribution is -2.65. The molecule has 1 aromatic carbocycles. The van der Waals surface area contributed by atoms with Gasteiger partial charge in [0.1, 0.15) is 12.2 Å². The maximum atomic E-state index is 13.2. The number of nitrogens with zero attached hydrogens (tertiary/aromatic N) is 2. The van der Waals surface area contributed by atoms with E-state index in [2.05, 4.69) is 30.9 Å². The number of piperidine rings is 1. The van der Waals surface area contributed by atoms with E-state index in [0.29, 0.717) is 36.6 Å². The topological polar surface area (TPSA) is 94.6 Å². The van der Waals surface area contributed by atoms with Crippen LogP contribution in [0.1, 0.15) is 45.6 Å². The summed E-state index contributed by atoms with van der Waals surface area (Å²) in [5, 5.41) is 4.05. The first-order valence-corrected chi connectivity index (χ1v) is 14.5. The van der Waals surface area contributed by atoms with Crippen LogP contribution >= 0.6 is 0 Å². The molecule has 4 aliphatic carbocycles. The molecule has 2 bridgehead atoms. The highest BCUT2D eigenvalue weighted by atomic mass is 16.7. The van der Waals surface area contributed by atoms with Crippen LogP contribution in [0.4, 0.5) is 4.79 Å². The molecule has 40 heavy (non-hydrogen) atoms. The molecule has 2 aliphatic heterocycles. The first kappa shape index (κ1) is 25.9. The summed E-state index contributed by atoms with van der Waals surface area (Å²) in [6, 6.07) is 7.68. The van der Waals surface area contributed by atoms with E-state index in [9.17, 15) is 9.59 Å². The summed E-state index contributed by atoms with van der Waals surface area (Å²) in [5.41, 5.74) is 1.56. The van der Waals surface area contributed by atoms with Crippen LogP contribution in [0, 0.1) is 35.7 Å². The highest BCUT2D eigenvalue weighted by Crippen LogP contribution is 2.65. The van der Waals surface area contributed by atoms with Gasteiger partial charge in [0, 0.05) is 11.9 Å². The Hall–Kier alpha value is -3.03. The van der Waals surface area contributed by atoms with E-state index in [4.69, 9.17) is 25.0 Å². The largest absolute Gasteiger partial charge is 0.482 e. The Morgan fingerprint density at radius 3 is 2.88 bits per heavy atom. The number of carbonyl (C=O) groups excluding carboxylic acids is 2. The van der Waals surface area contributed by atoms with Gasteiger partial charge in [-0.1, -0.05) is 32.0 Å². The average Bonchev–Trinajstić information content (AvgIpc) is 3.25. The van der Waals surface area contributed by atoms with Crippen LogP contribution in [-0.4, -0.2) is 67.4 Å². The van der Waals surface area contributed by atoms with Crippen LogP contribution in [0.3, 0.4) is 0 Å². The molecule has 2 aromatic rings. The minimum Gasteiger partial charge on any atom is -0.464 e. The molecule has 1 aromatic heterocycles. The van der Waals surface area contributed by atoms with Crippen molar-refractivity contribution in [2.24, 2.45) is 29.1 Å². The number of rotatable bonds is 7. The van der Waals surface area contributed by atoms with Gasteiger partial charge < -0.3 is 33.5 Å². The number of amides is 2. The van der Waals surface area contributed by atoms with Crippen molar-refractivity contribution in [1.29, 1.82) is 0 Å². The predicted octanol–water partition coefficient (Wildman–Crippen LogP) is 4.10. The van der Waals surface area contributed by atoms with Gasteiger partial charge in [0.15, 0.2) is 0 Å². The molecule has 210 valence electrons. The van der Waals surface area contributed by atoms with Crippen LogP contribution in [0.5, 0.6) is 0 Å². The summed E-state index contributed by atoms with van der Waals surface area (Å²) < 4.78 is 24.8. The second-order valence-corrected chi connectivity index (χ2v) is 13.2. The van der Waals surface area contributed by atoms with E-state index >= 15 is 0 Å². The molecular formula is C30H36BN3O6. The van der Waals surface area contributed by atoms with Gasteiger partial charge in [-0.25, -0.2) is 11.4 Å². The number of likely N-dealkylation sites (tertiary alicyclic amines) is 1. The molecule has 0 unspecified atom stereocenters. The smallest absolute Gasteiger partial charge is 0.464 e. The molecule has 0 radical (unpaired) electrons. The van der Waals surface area contributed by atoms with E-state index in [1.165, 1.54) is 0 Å². The van der Waals surface area contributed by atoms with Crippen molar-refractivity contribution in [3.8, 4) is 0 Å². The van der Waals surface area contributed by atoms with E-state index in [-0.39, 0.29) is 36.6 Å². The molecule has 2 saturated heterocycles. The molecule has 10 heteroatoms. The van der Waals surface area contributed by atoms with Crippen molar-refractivity contribution in [3.05, 3.63) is 47.5 Å². The summed E-state index contributed by atoms with van der Waals surface area (Å²) >= 11 is 0. The summed E-state index contributed by atoms with van der Waals surface area (Å²) in [6.07, 6.45) is 4.77. The van der Waals surface area contributed by atoms with Gasteiger partial charge in [-0.3, -0.25) is 4.79 Å². The number of fused-ring (bicyclic) bond motifs is 2. The fraction of sp³-hybridized carbons (Fsp3) is 0.633. The Kier molecular flexibility index (Phi) is 5.99. The van der Waals surface area contributed by atoms with Crippen molar-refractivity contribution < 1.29 is 28.1 Å². The lowest BCUT2D eigenvalue weighted by Gasteiger charge is -2.64. The monoisotopic (exact) mass is 545 g/mol. The maximum absolute atomic E-state index is 13.2. The summed E-state index contributed by atoms with van der Waals surface area (Å²) in [5.74, 6) is 1.14. The summed E-state index contributed by atoms with van der Waals surface area (Å²) in [7, 11) is -0.623. The minimum absolute atomic E-state index is 0.0111. The van der Waals surface area contributed by atoms with E-state index < -0.39 is 24.8 Å². The van der Waals surface area contributed by atoms with Crippen LogP contribution in [0.25, 0.3) is 15.8 Å². The first-order valence-electron chi connectivity index (χ1n) is 14.5. The van der Waals surface area contributed by atoms with Gasteiger partial charge in [0.25, 0.3) is 6.54 Å². The number of ether oxygens (including phenoxy) is 1. The second kappa shape index (κ2) is 9.25. The van der Waals surface area contributed by atoms with Crippen molar-refractivity contribution in [3.63, 3.8) is 0 Å². The molecule has 4 saturated carbocycles. The quantitative estimate of drug-likeness (QED) is 0.416. The van der Waals surface area contributed by atoms with Crippen LogP contribution in [0.15, 0.2) is 34.9 Å². The number of carbonyl (C=O) groups is 2. The number of alkyl carbamates (subject to hydrolysis) is 1. The van der Waals surface area contributed by atoms with E-state index in [1.54, 1.807) is 11.2 Å². The molecular weight excluding hydrogens is 509 g/mol. The lowest BCUT2D eigenvalue weighted by molar-refractivity contribution is -0.199. The van der Waals surface area contributed by atoms with Crippen molar-refractivity contribution >= 4 is 30.1 Å². The Morgan fingerprint density at radius 1 is 1.25 bits per heavy atom. The van der Waals surface area contributed by atoms with Crippen molar-refractivity contribution in [1.82, 2.24) is 10.2 Å². The van der Waals surface area contributed by atoms with Crippen LogP contribution in [0.2, 0.25) is 0 Å². The molecule has 0 spiro atoms. The molecule has 3 heterocycles. The zero-order valence-electron chi connectivity index (χ0n) is 23.3. The zero-order chi connectivity index (χ0) is 27.8. The van der Waals surface area contributed by atoms with E-state index in [0.717, 1.165) is 35.8 Å². The van der Waals surface area contributed by atoms with Crippen molar-refractivity contribution in [2.45, 2.75) is 70.1 Å². The molecule has 6 aliphatic rings. The molecule has 8 rings (SSSR count). The highest BCUT2D eigenvalue weighted by molar-refractivity contribution is 6.48. The number of hydrogen-bond donors (Lipinski definition) is 1. The minimum atomic E-state index is -0.623. The normalized spacial score (nSPS) is 35.4. The Morgan fingerprint density at radius 2 is 2.08 bits per heavy atom. The molecule has 1 N–H and O–H groups in total. The van der Waals surface area contributed by atoms with Gasteiger partial charge in [0.2, 0.25) is 0 Å². The van der Waals surface area contributed by atoms with Gasteiger partial charge in [-0.15, -0.1) is 0 Å². The molecule has 9 nitrogen and oxygen atoms in total. The zero-order valence-corrected chi connectivity index (χ0v) is 23.3. The maximum Gasteiger partial charge on any atom is 0.482 e. The van der Waals surface area contributed by atoms with Gasteiger partial charge in [-0.05, 0) is 73.3 Å².